The molecule has 1 amide bonds. The summed E-state index contributed by atoms with van der Waals surface area (Å²) in [4.78, 5) is 15.5. The molecule has 34 heavy (non-hydrogen) atoms. The summed E-state index contributed by atoms with van der Waals surface area (Å²) in [5.41, 5.74) is 2.62. The van der Waals surface area contributed by atoms with Crippen LogP contribution in [0.15, 0.2) is 42.5 Å². The molecule has 1 N–H and O–H groups in total. The number of anilines is 1. The first kappa shape index (κ1) is 24.8. The van der Waals surface area contributed by atoms with Gasteiger partial charge in [-0.3, -0.25) is 14.0 Å². The number of nitrogens with one attached hydrogen (secondary N) is 1. The predicted molar refractivity (Wildman–Crippen MR) is 135 cm³/mol. The zero-order valence-electron chi connectivity index (χ0n) is 19.5. The Hall–Kier alpha value is -2.29. The normalized spacial score (nSPS) is 19.5. The van der Waals surface area contributed by atoms with Crippen LogP contribution in [0, 0.1) is 0 Å². The van der Waals surface area contributed by atoms with Crippen LogP contribution in [0.4, 0.5) is 5.69 Å². The molecule has 1 fully saturated rings. The fraction of sp³-hybridized carbons (Fsp3) is 0.480. The van der Waals surface area contributed by atoms with Crippen LogP contribution in [-0.4, -0.2) is 51.2 Å². The second-order valence-corrected chi connectivity index (χ2v) is 11.4. The molecule has 9 heteroatoms. The molecule has 7 nitrogen and oxygen atoms in total. The molecule has 0 radical (unpaired) electrons. The first-order chi connectivity index (χ1) is 16.3. The van der Waals surface area contributed by atoms with Crippen molar-refractivity contribution in [3.63, 3.8) is 0 Å². The Morgan fingerprint density at radius 1 is 1.06 bits per heavy atom. The lowest BCUT2D eigenvalue weighted by Crippen LogP contribution is -2.39. The summed E-state index contributed by atoms with van der Waals surface area (Å²) in [5.74, 6) is 0.0566. The molecule has 0 aromatic heterocycles. The summed E-state index contributed by atoms with van der Waals surface area (Å²) >= 11 is 6.08. The lowest BCUT2D eigenvalue weighted by molar-refractivity contribution is -0.128. The molecule has 0 bridgehead atoms. The average molecular weight is 506 g/mol. The maximum atomic E-state index is 13.0. The van der Waals surface area contributed by atoms with E-state index < -0.39 is 16.1 Å². The number of amides is 1. The van der Waals surface area contributed by atoms with Gasteiger partial charge in [-0.25, -0.2) is 8.42 Å². The summed E-state index contributed by atoms with van der Waals surface area (Å²) in [7, 11) is -3.54. The Labute approximate surface area is 207 Å². The van der Waals surface area contributed by atoms with Crippen LogP contribution in [-0.2, 0) is 27.9 Å². The highest BCUT2D eigenvalue weighted by atomic mass is 35.5. The number of hydrogen-bond donors (Lipinski definition) is 1. The quantitative estimate of drug-likeness (QED) is 0.643. The summed E-state index contributed by atoms with van der Waals surface area (Å²) < 4.78 is 31.8. The van der Waals surface area contributed by atoms with Crippen molar-refractivity contribution >= 4 is 33.2 Å². The van der Waals surface area contributed by atoms with E-state index in [0.717, 1.165) is 31.5 Å². The Kier molecular flexibility index (Phi) is 8.01. The second-order valence-electron chi connectivity index (χ2n) is 9.07. The molecule has 0 aliphatic carbocycles. The fourth-order valence-electron chi connectivity index (χ4n) is 4.57. The smallest absolute Gasteiger partial charge is 0.261 e. The van der Waals surface area contributed by atoms with Gasteiger partial charge in [0.05, 0.1) is 11.9 Å². The highest BCUT2D eigenvalue weighted by Gasteiger charge is 2.31. The molecule has 184 valence electrons. The van der Waals surface area contributed by atoms with Gasteiger partial charge in [-0.1, -0.05) is 48.7 Å². The van der Waals surface area contributed by atoms with Crippen molar-refractivity contribution in [3.05, 3.63) is 58.6 Å². The van der Waals surface area contributed by atoms with E-state index in [1.54, 1.807) is 18.2 Å². The third kappa shape index (κ3) is 6.43. The summed E-state index contributed by atoms with van der Waals surface area (Å²) in [6.07, 6.45) is 5.70. The number of sulfonamides is 1. The van der Waals surface area contributed by atoms with Crippen molar-refractivity contribution in [2.24, 2.45) is 0 Å². The van der Waals surface area contributed by atoms with E-state index in [4.69, 9.17) is 16.3 Å². The molecule has 2 aliphatic heterocycles. The van der Waals surface area contributed by atoms with Crippen molar-refractivity contribution in [2.75, 3.05) is 30.2 Å². The molecule has 1 unspecified atom stereocenters. The van der Waals surface area contributed by atoms with Gasteiger partial charge in [0, 0.05) is 31.1 Å². The Bertz CT molecular complexity index is 1120. The van der Waals surface area contributed by atoms with Gasteiger partial charge in [0.2, 0.25) is 10.0 Å². The first-order valence-corrected chi connectivity index (χ1v) is 14.0. The van der Waals surface area contributed by atoms with Crippen LogP contribution in [0.1, 0.15) is 43.2 Å². The highest BCUT2D eigenvalue weighted by molar-refractivity contribution is 7.92. The number of hydrogen-bond acceptors (Lipinski definition) is 5. The monoisotopic (exact) mass is 505 g/mol. The zero-order valence-corrected chi connectivity index (χ0v) is 21.1. The zero-order chi connectivity index (χ0) is 24.1. The van der Waals surface area contributed by atoms with Crippen LogP contribution in [0.3, 0.4) is 0 Å². The molecule has 1 saturated heterocycles. The summed E-state index contributed by atoms with van der Waals surface area (Å²) in [6, 6.07) is 13.1. The van der Waals surface area contributed by atoms with Crippen LogP contribution >= 0.6 is 11.6 Å². The molecule has 2 aliphatic rings. The maximum absolute atomic E-state index is 13.0. The van der Waals surface area contributed by atoms with Crippen molar-refractivity contribution in [1.82, 2.24) is 10.2 Å². The minimum atomic E-state index is -3.54. The molecule has 1 atom stereocenters. The van der Waals surface area contributed by atoms with Crippen molar-refractivity contribution in [2.45, 2.75) is 51.3 Å². The van der Waals surface area contributed by atoms with Crippen LogP contribution in [0.2, 0.25) is 5.02 Å². The Morgan fingerprint density at radius 2 is 1.79 bits per heavy atom. The first-order valence-electron chi connectivity index (χ1n) is 11.8. The minimum Gasteiger partial charge on any atom is -0.478 e. The fourth-order valence-corrected chi connectivity index (χ4v) is 5.68. The standard InChI is InChI=1S/C25H32ClN3O4S/c1-34(31,32)29-14-11-24(33-23-10-9-21(26)16-22(23)29)25(30)27-17-19-7-6-8-20(15-19)18-28-12-4-2-3-5-13-28/h6-10,15-16,24H,2-5,11-14,17-18H2,1H3,(H,27,30). The van der Waals surface area contributed by atoms with Gasteiger partial charge in [-0.2, -0.15) is 0 Å². The van der Waals surface area contributed by atoms with Gasteiger partial charge < -0.3 is 10.1 Å². The van der Waals surface area contributed by atoms with E-state index in [2.05, 4.69) is 22.3 Å². The van der Waals surface area contributed by atoms with Crippen molar-refractivity contribution < 1.29 is 17.9 Å². The Balaban J connectivity index is 1.40. The lowest BCUT2D eigenvalue weighted by atomic mass is 10.1. The number of carbonyl (C=O) groups is 1. The van der Waals surface area contributed by atoms with Gasteiger partial charge >= 0.3 is 0 Å². The third-order valence-corrected chi connectivity index (χ3v) is 7.72. The number of rotatable bonds is 6. The van der Waals surface area contributed by atoms with E-state index in [1.165, 1.54) is 35.6 Å². The molecule has 2 heterocycles. The van der Waals surface area contributed by atoms with Gasteiger partial charge in [-0.15, -0.1) is 0 Å². The van der Waals surface area contributed by atoms with Crippen LogP contribution < -0.4 is 14.4 Å². The van der Waals surface area contributed by atoms with Crippen LogP contribution in [0.25, 0.3) is 0 Å². The van der Waals surface area contributed by atoms with E-state index >= 15 is 0 Å². The van der Waals surface area contributed by atoms with E-state index in [0.29, 0.717) is 23.0 Å². The molecular formula is C25H32ClN3O4S. The van der Waals surface area contributed by atoms with E-state index in [-0.39, 0.29) is 18.9 Å². The SMILES string of the molecule is CS(=O)(=O)N1CCC(C(=O)NCc2cccc(CN3CCCCCC3)c2)Oc2ccc(Cl)cc21. The second kappa shape index (κ2) is 11.0. The lowest BCUT2D eigenvalue weighted by Gasteiger charge is -2.21. The average Bonchev–Trinajstić information content (AvgIpc) is 3.16. The maximum Gasteiger partial charge on any atom is 0.261 e. The number of nitrogens with zero attached hydrogens (tertiary/aromatic N) is 2. The molecule has 0 saturated carbocycles. The van der Waals surface area contributed by atoms with Gasteiger partial charge in [0.15, 0.2) is 6.10 Å². The minimum absolute atomic E-state index is 0.135. The number of halogens is 1. The molecule has 0 spiro atoms. The number of fused-ring (bicyclic) bond motifs is 1. The summed E-state index contributed by atoms with van der Waals surface area (Å²) in [5, 5.41) is 3.36. The molecular weight excluding hydrogens is 474 g/mol. The topological polar surface area (TPSA) is 79.0 Å². The molecule has 2 aromatic carbocycles. The molecule has 4 rings (SSSR count). The molecule has 2 aromatic rings. The third-order valence-electron chi connectivity index (χ3n) is 6.31. The van der Waals surface area contributed by atoms with Crippen molar-refractivity contribution in [1.29, 1.82) is 0 Å². The number of likely N-dealkylation sites (tertiary alicyclic amines) is 1. The van der Waals surface area contributed by atoms with Crippen molar-refractivity contribution in [3.8, 4) is 5.75 Å². The Morgan fingerprint density at radius 3 is 2.53 bits per heavy atom. The largest absolute Gasteiger partial charge is 0.478 e. The van der Waals surface area contributed by atoms with E-state index in [1.807, 2.05) is 12.1 Å². The highest BCUT2D eigenvalue weighted by Crippen LogP contribution is 2.36. The van der Waals surface area contributed by atoms with Crippen LogP contribution in [0.5, 0.6) is 5.75 Å². The van der Waals surface area contributed by atoms with Gasteiger partial charge in [-0.05, 0) is 55.3 Å². The van der Waals surface area contributed by atoms with Gasteiger partial charge in [0.25, 0.3) is 5.91 Å². The van der Waals surface area contributed by atoms with Gasteiger partial charge in [0.1, 0.15) is 5.75 Å². The number of carbonyl (C=O) groups excluding carboxylic acids is 1. The van der Waals surface area contributed by atoms with E-state index in [9.17, 15) is 13.2 Å². The number of ether oxygens (including phenoxy) is 1. The predicted octanol–water partition coefficient (Wildman–Crippen LogP) is 3.95. The summed E-state index contributed by atoms with van der Waals surface area (Å²) in [6.45, 7) is 3.72. The number of benzene rings is 2.